The number of fused-ring (bicyclic) bond motifs is 8. The number of nitrogens with zero attached hydrogens (tertiary/aromatic N) is 6. The van der Waals surface area contributed by atoms with Crippen molar-refractivity contribution in [1.29, 1.82) is 0 Å². The Hall–Kier alpha value is -6.27. The molecule has 0 atom stereocenters. The van der Waals surface area contributed by atoms with Crippen molar-refractivity contribution < 1.29 is 0 Å². The first-order valence-electron chi connectivity index (χ1n) is 14.9. The second-order valence-corrected chi connectivity index (χ2v) is 11.0. The standard InChI is InChI=1S/C39H24N6/c1-3-12-25(13-4-1)36-42-37(26-14-5-2-6-15-26)44-38(43-36)33-19-11-18-31(40-33)27-22-23-29-30(24-27)28-16-7-9-20-34(28)45-35-21-10-8-17-32(35)41-39(29)45/h1-24H. The van der Waals surface area contributed by atoms with Crippen LogP contribution in [0.1, 0.15) is 0 Å². The van der Waals surface area contributed by atoms with Gasteiger partial charge in [0.15, 0.2) is 17.5 Å². The normalized spacial score (nSPS) is 11.6. The number of hydrogen-bond acceptors (Lipinski definition) is 5. The molecule has 0 amide bonds. The minimum absolute atomic E-state index is 0.529. The Kier molecular flexibility index (Phi) is 5.71. The lowest BCUT2D eigenvalue weighted by Gasteiger charge is -2.11. The lowest BCUT2D eigenvalue weighted by molar-refractivity contribution is 1.06. The average molecular weight is 577 g/mol. The largest absolute Gasteiger partial charge is 0.292 e. The SMILES string of the molecule is c1ccc(-c2nc(-c3ccccc3)nc(-c3cccc(-c4ccc5c(c4)c4ccccc4n4c6ccccc6nc54)n3)n2)cc1. The third kappa shape index (κ3) is 4.23. The van der Waals surface area contributed by atoms with Gasteiger partial charge in [-0.1, -0.05) is 103 Å². The summed E-state index contributed by atoms with van der Waals surface area (Å²) in [5, 5.41) is 3.40. The maximum absolute atomic E-state index is 5.09. The quantitative estimate of drug-likeness (QED) is 0.196. The number of aromatic nitrogens is 6. The fraction of sp³-hybridized carbons (Fsp3) is 0. The Balaban J connectivity index is 1.22. The van der Waals surface area contributed by atoms with Crippen molar-refractivity contribution in [3.05, 3.63) is 146 Å². The highest BCUT2D eigenvalue weighted by Crippen LogP contribution is 2.35. The summed E-state index contributed by atoms with van der Waals surface area (Å²) in [6, 6.07) is 49.3. The maximum atomic E-state index is 5.09. The molecular formula is C39H24N6. The molecule has 0 saturated carbocycles. The first-order chi connectivity index (χ1) is 22.3. The molecule has 0 aliphatic heterocycles. The van der Waals surface area contributed by atoms with Gasteiger partial charge in [-0.3, -0.25) is 4.40 Å². The molecule has 210 valence electrons. The number of benzene rings is 5. The van der Waals surface area contributed by atoms with E-state index < -0.39 is 0 Å². The first-order valence-corrected chi connectivity index (χ1v) is 14.9. The van der Waals surface area contributed by atoms with Gasteiger partial charge in [-0.05, 0) is 47.9 Å². The Bertz CT molecular complexity index is 2480. The summed E-state index contributed by atoms with van der Waals surface area (Å²) in [7, 11) is 0. The fourth-order valence-electron chi connectivity index (χ4n) is 6.11. The highest BCUT2D eigenvalue weighted by Gasteiger charge is 2.16. The number of imidazole rings is 1. The number of hydrogen-bond donors (Lipinski definition) is 0. The van der Waals surface area contributed by atoms with Gasteiger partial charge in [0.05, 0.1) is 22.2 Å². The first kappa shape index (κ1) is 25.2. The molecule has 0 aliphatic rings. The smallest absolute Gasteiger partial charge is 0.182 e. The van der Waals surface area contributed by atoms with Crippen molar-refractivity contribution in [2.75, 3.05) is 0 Å². The second-order valence-electron chi connectivity index (χ2n) is 11.0. The Labute approximate surface area is 258 Å². The third-order valence-electron chi connectivity index (χ3n) is 8.23. The van der Waals surface area contributed by atoms with Gasteiger partial charge in [-0.2, -0.15) is 0 Å². The summed E-state index contributed by atoms with van der Waals surface area (Å²) in [4.78, 5) is 24.7. The van der Waals surface area contributed by atoms with Gasteiger partial charge in [0.25, 0.3) is 0 Å². The summed E-state index contributed by atoms with van der Waals surface area (Å²) in [6.45, 7) is 0. The molecule has 9 aromatic rings. The van der Waals surface area contributed by atoms with E-state index in [1.54, 1.807) is 0 Å². The van der Waals surface area contributed by atoms with Gasteiger partial charge in [0, 0.05) is 27.5 Å². The van der Waals surface area contributed by atoms with Gasteiger partial charge in [-0.25, -0.2) is 24.9 Å². The minimum atomic E-state index is 0.529. The van der Waals surface area contributed by atoms with Crippen LogP contribution in [-0.4, -0.2) is 29.3 Å². The minimum Gasteiger partial charge on any atom is -0.292 e. The van der Waals surface area contributed by atoms with Crippen LogP contribution in [0.5, 0.6) is 0 Å². The van der Waals surface area contributed by atoms with Crippen LogP contribution in [0.25, 0.3) is 83.9 Å². The van der Waals surface area contributed by atoms with Crippen molar-refractivity contribution in [1.82, 2.24) is 29.3 Å². The molecule has 9 rings (SSSR count). The number of para-hydroxylation sites is 3. The highest BCUT2D eigenvalue weighted by atomic mass is 15.0. The monoisotopic (exact) mass is 576 g/mol. The predicted molar refractivity (Wildman–Crippen MR) is 181 cm³/mol. The third-order valence-corrected chi connectivity index (χ3v) is 8.23. The molecule has 0 radical (unpaired) electrons. The summed E-state index contributed by atoms with van der Waals surface area (Å²) in [5.41, 5.74) is 8.55. The Morgan fingerprint density at radius 1 is 0.356 bits per heavy atom. The van der Waals surface area contributed by atoms with E-state index in [0.29, 0.717) is 23.2 Å². The zero-order valence-electron chi connectivity index (χ0n) is 24.0. The van der Waals surface area contributed by atoms with Crippen molar-refractivity contribution in [2.24, 2.45) is 0 Å². The zero-order valence-corrected chi connectivity index (χ0v) is 24.0. The van der Waals surface area contributed by atoms with Gasteiger partial charge in [0.1, 0.15) is 11.3 Å². The molecule has 45 heavy (non-hydrogen) atoms. The topological polar surface area (TPSA) is 68.9 Å². The van der Waals surface area contributed by atoms with Crippen molar-refractivity contribution >= 4 is 38.4 Å². The molecule has 0 unspecified atom stereocenters. The van der Waals surface area contributed by atoms with Gasteiger partial charge < -0.3 is 0 Å². The summed E-state index contributed by atoms with van der Waals surface area (Å²) in [6.07, 6.45) is 0. The Morgan fingerprint density at radius 2 is 0.978 bits per heavy atom. The van der Waals surface area contributed by atoms with E-state index in [2.05, 4.69) is 65.1 Å². The number of rotatable bonds is 4. The van der Waals surface area contributed by atoms with Crippen LogP contribution in [0.4, 0.5) is 0 Å². The van der Waals surface area contributed by atoms with Crippen LogP contribution < -0.4 is 0 Å². The molecular weight excluding hydrogens is 552 g/mol. The molecule has 0 N–H and O–H groups in total. The van der Waals surface area contributed by atoms with Crippen LogP contribution >= 0.6 is 0 Å². The lowest BCUT2D eigenvalue weighted by Crippen LogP contribution is -2.01. The molecule has 0 saturated heterocycles. The molecule has 4 aromatic heterocycles. The van der Waals surface area contributed by atoms with E-state index in [1.165, 1.54) is 5.39 Å². The molecule has 6 nitrogen and oxygen atoms in total. The van der Waals surface area contributed by atoms with Crippen LogP contribution in [0.2, 0.25) is 0 Å². The fourth-order valence-corrected chi connectivity index (χ4v) is 6.11. The van der Waals surface area contributed by atoms with Gasteiger partial charge in [-0.15, -0.1) is 0 Å². The maximum Gasteiger partial charge on any atom is 0.182 e. The van der Waals surface area contributed by atoms with Crippen molar-refractivity contribution in [3.8, 4) is 45.6 Å². The van der Waals surface area contributed by atoms with Crippen LogP contribution in [0, 0.1) is 0 Å². The molecule has 0 aliphatic carbocycles. The van der Waals surface area contributed by atoms with E-state index in [1.807, 2.05) is 84.9 Å². The molecule has 5 aromatic carbocycles. The molecule has 0 bridgehead atoms. The Morgan fingerprint density at radius 3 is 1.73 bits per heavy atom. The van der Waals surface area contributed by atoms with Crippen LogP contribution in [-0.2, 0) is 0 Å². The number of pyridine rings is 2. The van der Waals surface area contributed by atoms with E-state index in [4.69, 9.17) is 24.9 Å². The summed E-state index contributed by atoms with van der Waals surface area (Å²) in [5.74, 6) is 1.75. The van der Waals surface area contributed by atoms with E-state index in [-0.39, 0.29) is 0 Å². The predicted octanol–water partition coefficient (Wildman–Crippen LogP) is 9.04. The molecule has 4 heterocycles. The van der Waals surface area contributed by atoms with Gasteiger partial charge in [0.2, 0.25) is 0 Å². The summed E-state index contributed by atoms with van der Waals surface area (Å²) < 4.78 is 2.26. The zero-order chi connectivity index (χ0) is 29.7. The van der Waals surface area contributed by atoms with Crippen LogP contribution in [0.3, 0.4) is 0 Å². The highest BCUT2D eigenvalue weighted by molar-refractivity contribution is 6.14. The molecule has 0 spiro atoms. The molecule has 6 heteroatoms. The van der Waals surface area contributed by atoms with Gasteiger partial charge >= 0.3 is 0 Å². The molecule has 0 fully saturated rings. The van der Waals surface area contributed by atoms with E-state index in [0.717, 1.165) is 55.4 Å². The lowest BCUT2D eigenvalue weighted by atomic mass is 10.0. The second kappa shape index (κ2) is 10.2. The van der Waals surface area contributed by atoms with Crippen molar-refractivity contribution in [3.63, 3.8) is 0 Å². The summed E-state index contributed by atoms with van der Waals surface area (Å²) >= 11 is 0. The average Bonchev–Trinajstić information content (AvgIpc) is 3.52. The van der Waals surface area contributed by atoms with Crippen molar-refractivity contribution in [2.45, 2.75) is 0 Å². The van der Waals surface area contributed by atoms with E-state index >= 15 is 0 Å². The van der Waals surface area contributed by atoms with E-state index in [9.17, 15) is 0 Å². The van der Waals surface area contributed by atoms with Crippen LogP contribution in [0.15, 0.2) is 146 Å².